The minimum Gasteiger partial charge on any atom is -0.456 e. The first-order chi connectivity index (χ1) is 30.4. The van der Waals surface area contributed by atoms with Crippen molar-refractivity contribution in [2.24, 2.45) is 0 Å². The van der Waals surface area contributed by atoms with E-state index in [-0.39, 0.29) is 0 Å². The van der Waals surface area contributed by atoms with Gasteiger partial charge in [-0.2, -0.15) is 0 Å². The van der Waals surface area contributed by atoms with E-state index in [0.29, 0.717) is 0 Å². The lowest BCUT2D eigenvalue weighted by molar-refractivity contribution is 0.660. The molecule has 308 valence electrons. The number of rotatable bonds is 6. The molecule has 0 unspecified atom stereocenters. The zero-order valence-electron chi connectivity index (χ0n) is 37.5. The summed E-state index contributed by atoms with van der Waals surface area (Å²) < 4.78 is 13.6. The molecule has 0 fully saturated rings. The van der Waals surface area contributed by atoms with Gasteiger partial charge in [-0.25, -0.2) is 0 Å². The van der Waals surface area contributed by atoms with E-state index in [2.05, 4.69) is 212 Å². The van der Waals surface area contributed by atoms with E-state index in [9.17, 15) is 0 Å². The summed E-state index contributed by atoms with van der Waals surface area (Å²) in [6, 6.07) is 51.2. The molecule has 4 heteroatoms. The molecular weight excluding hydrogens is 769 g/mol. The Morgan fingerprint density at radius 1 is 0.317 bits per heavy atom. The number of fused-ring (bicyclic) bond motifs is 9. The highest BCUT2D eigenvalue weighted by Crippen LogP contribution is 2.47. The summed E-state index contributed by atoms with van der Waals surface area (Å²) in [6.45, 7) is 19.8. The Hall–Kier alpha value is -7.30. The van der Waals surface area contributed by atoms with Gasteiger partial charge < -0.3 is 18.6 Å². The minimum absolute atomic E-state index is 0.865. The van der Waals surface area contributed by atoms with Crippen molar-refractivity contribution in [3.05, 3.63) is 190 Å². The minimum atomic E-state index is 0.865. The van der Waals surface area contributed by atoms with Crippen LogP contribution in [-0.4, -0.2) is 0 Å². The molecular formula is C59H50N2O2. The third-order valence-electron chi connectivity index (χ3n) is 14.0. The largest absolute Gasteiger partial charge is 0.456 e. The molecule has 0 saturated heterocycles. The van der Waals surface area contributed by atoms with Gasteiger partial charge >= 0.3 is 0 Å². The number of hydrogen-bond acceptors (Lipinski definition) is 4. The standard InChI is InChI=1S/C59H50N2O2/c1-33-14-10-18-50(38(33)6)60(51-19-11-15-34(2)39(51)7)46-24-22-42-29-48-54(31-44(42)27-46)62-56-26-37(5)59-58(57(48)56)49-30-43-23-25-47(28-45(43)32-55(49)63-59)61(52-20-12-16-35(3)40(52)8)53-21-13-17-36(4)41(53)9/h10-32H,1-9H3. The number of benzene rings is 9. The summed E-state index contributed by atoms with van der Waals surface area (Å²) in [6.07, 6.45) is 0. The zero-order chi connectivity index (χ0) is 43.4. The molecule has 0 saturated carbocycles. The Morgan fingerprint density at radius 2 is 0.714 bits per heavy atom. The van der Waals surface area contributed by atoms with Crippen molar-refractivity contribution in [3.8, 4) is 0 Å². The normalized spacial score (nSPS) is 11.9. The SMILES string of the molecule is Cc1cccc(N(c2ccc3cc4c(cc3c2)oc2cc(C)c3oc5cc6cc(N(c7cccc(C)c7C)c7cccc(C)c7C)ccc6cc5c3c24)c2cccc(C)c2C)c1C. The van der Waals surface area contributed by atoms with Gasteiger partial charge in [-0.05, 0) is 213 Å². The topological polar surface area (TPSA) is 32.8 Å². The van der Waals surface area contributed by atoms with E-state index >= 15 is 0 Å². The Labute approximate surface area is 368 Å². The van der Waals surface area contributed by atoms with Gasteiger partial charge in [-0.1, -0.05) is 60.7 Å². The Bertz CT molecular complexity index is 3590. The van der Waals surface area contributed by atoms with Crippen LogP contribution in [0.25, 0.3) is 65.4 Å². The van der Waals surface area contributed by atoms with Crippen molar-refractivity contribution in [2.75, 3.05) is 9.80 Å². The average Bonchev–Trinajstić information content (AvgIpc) is 3.82. The van der Waals surface area contributed by atoms with E-state index < -0.39 is 0 Å². The first-order valence-corrected chi connectivity index (χ1v) is 22.0. The number of hydrogen-bond donors (Lipinski definition) is 0. The Kier molecular flexibility index (Phi) is 8.82. The van der Waals surface area contributed by atoms with Crippen molar-refractivity contribution in [2.45, 2.75) is 62.3 Å². The molecule has 11 aromatic rings. The molecule has 9 aromatic carbocycles. The van der Waals surface area contributed by atoms with Crippen molar-refractivity contribution < 1.29 is 8.83 Å². The Morgan fingerprint density at radius 3 is 1.14 bits per heavy atom. The summed E-state index contributed by atoms with van der Waals surface area (Å²) in [5, 5.41) is 8.95. The third kappa shape index (κ3) is 6.03. The number of nitrogens with zero attached hydrogens (tertiary/aromatic N) is 2. The zero-order valence-corrected chi connectivity index (χ0v) is 37.5. The van der Waals surface area contributed by atoms with Crippen LogP contribution >= 0.6 is 0 Å². The van der Waals surface area contributed by atoms with Gasteiger partial charge in [0.2, 0.25) is 0 Å². The second-order valence-corrected chi connectivity index (χ2v) is 17.8. The molecule has 0 amide bonds. The molecule has 0 N–H and O–H groups in total. The number of anilines is 6. The molecule has 4 nitrogen and oxygen atoms in total. The van der Waals surface area contributed by atoms with E-state index in [1.807, 2.05) is 0 Å². The average molecular weight is 819 g/mol. The quantitative estimate of drug-likeness (QED) is 0.167. The van der Waals surface area contributed by atoms with Gasteiger partial charge in [-0.15, -0.1) is 0 Å². The van der Waals surface area contributed by atoms with E-state index in [4.69, 9.17) is 8.83 Å². The lowest BCUT2D eigenvalue weighted by atomic mass is 9.98. The fourth-order valence-corrected chi connectivity index (χ4v) is 9.83. The fraction of sp³-hybridized carbons (Fsp3) is 0.153. The second-order valence-electron chi connectivity index (χ2n) is 17.8. The molecule has 0 atom stereocenters. The van der Waals surface area contributed by atoms with E-state index in [1.54, 1.807) is 0 Å². The monoisotopic (exact) mass is 818 g/mol. The van der Waals surface area contributed by atoms with Crippen LogP contribution in [0.1, 0.15) is 50.1 Å². The van der Waals surface area contributed by atoms with Crippen LogP contribution in [0, 0.1) is 62.3 Å². The summed E-state index contributed by atoms with van der Waals surface area (Å²) in [4.78, 5) is 4.83. The number of furan rings is 2. The first-order valence-electron chi connectivity index (χ1n) is 22.0. The van der Waals surface area contributed by atoms with Crippen LogP contribution in [0.4, 0.5) is 34.1 Å². The van der Waals surface area contributed by atoms with Crippen LogP contribution in [0.15, 0.2) is 148 Å². The molecule has 2 aromatic heterocycles. The van der Waals surface area contributed by atoms with Gasteiger partial charge in [0.15, 0.2) is 0 Å². The maximum Gasteiger partial charge on any atom is 0.139 e. The number of aryl methyl sites for hydroxylation is 5. The molecule has 63 heavy (non-hydrogen) atoms. The highest BCUT2D eigenvalue weighted by molar-refractivity contribution is 6.28. The van der Waals surface area contributed by atoms with Crippen LogP contribution < -0.4 is 9.80 Å². The highest BCUT2D eigenvalue weighted by atomic mass is 16.3. The highest BCUT2D eigenvalue weighted by Gasteiger charge is 2.23. The van der Waals surface area contributed by atoms with Crippen LogP contribution in [0.5, 0.6) is 0 Å². The molecule has 0 aliphatic rings. The predicted octanol–water partition coefficient (Wildman–Crippen LogP) is 17.5. The molecule has 0 spiro atoms. The lowest BCUT2D eigenvalue weighted by Gasteiger charge is -2.30. The van der Waals surface area contributed by atoms with Crippen molar-refractivity contribution in [1.82, 2.24) is 0 Å². The van der Waals surface area contributed by atoms with Gasteiger partial charge in [0, 0.05) is 55.7 Å². The Balaban J connectivity index is 1.08. The summed E-state index contributed by atoms with van der Waals surface area (Å²) in [5.41, 5.74) is 21.7. The summed E-state index contributed by atoms with van der Waals surface area (Å²) in [7, 11) is 0. The van der Waals surface area contributed by atoms with Crippen molar-refractivity contribution in [1.29, 1.82) is 0 Å². The molecule has 11 rings (SSSR count). The maximum absolute atomic E-state index is 6.85. The molecule has 0 radical (unpaired) electrons. The molecule has 0 aliphatic heterocycles. The van der Waals surface area contributed by atoms with Gasteiger partial charge in [-0.3, -0.25) is 0 Å². The van der Waals surface area contributed by atoms with Crippen LogP contribution in [0.3, 0.4) is 0 Å². The summed E-state index contributed by atoms with van der Waals surface area (Å²) in [5.74, 6) is 0. The van der Waals surface area contributed by atoms with E-state index in [1.165, 1.54) is 67.3 Å². The fourth-order valence-electron chi connectivity index (χ4n) is 9.83. The third-order valence-corrected chi connectivity index (χ3v) is 14.0. The van der Waals surface area contributed by atoms with Crippen molar-refractivity contribution in [3.63, 3.8) is 0 Å². The smallest absolute Gasteiger partial charge is 0.139 e. The van der Waals surface area contributed by atoms with Gasteiger partial charge in [0.05, 0.1) is 0 Å². The van der Waals surface area contributed by atoms with Gasteiger partial charge in [0.25, 0.3) is 0 Å². The maximum atomic E-state index is 6.85. The second kappa shape index (κ2) is 14.4. The van der Waals surface area contributed by atoms with Crippen LogP contribution in [0.2, 0.25) is 0 Å². The van der Waals surface area contributed by atoms with Crippen molar-refractivity contribution >= 4 is 99.5 Å². The van der Waals surface area contributed by atoms with E-state index in [0.717, 1.165) is 82.4 Å². The van der Waals surface area contributed by atoms with Crippen LogP contribution in [-0.2, 0) is 0 Å². The molecule has 2 heterocycles. The predicted molar refractivity (Wildman–Crippen MR) is 268 cm³/mol. The first kappa shape index (κ1) is 38.6. The molecule has 0 aliphatic carbocycles. The lowest BCUT2D eigenvalue weighted by Crippen LogP contribution is -2.13. The summed E-state index contributed by atoms with van der Waals surface area (Å²) >= 11 is 0. The molecule has 0 bridgehead atoms. The van der Waals surface area contributed by atoms with Gasteiger partial charge in [0.1, 0.15) is 22.3 Å².